The first-order valence-corrected chi connectivity index (χ1v) is 7.24. The van der Waals surface area contributed by atoms with Crippen LogP contribution in [0.2, 0.25) is 0 Å². The third-order valence-corrected chi connectivity index (χ3v) is 3.71. The van der Waals surface area contributed by atoms with Gasteiger partial charge in [0.05, 0.1) is 6.10 Å². The van der Waals surface area contributed by atoms with Gasteiger partial charge in [0.25, 0.3) is 0 Å². The molecule has 0 saturated carbocycles. The van der Waals surface area contributed by atoms with Crippen molar-refractivity contribution in [3.05, 3.63) is 23.9 Å². The molecule has 2 heterocycles. The Hall–Kier alpha value is -1.66. The van der Waals surface area contributed by atoms with Crippen LogP contribution in [0.15, 0.2) is 18.3 Å². The fourth-order valence-electron chi connectivity index (χ4n) is 2.52. The Labute approximate surface area is 126 Å². The standard InChI is InChI=1S/C15H24N4O2/c1-12(20)19-7-6-18(10-14(21)11-19)9-13-4-5-15(16-8-13)17(2)3/h4-5,8,14,21H,6-7,9-11H2,1-3H3/t14-/m1/s1. The van der Waals surface area contributed by atoms with Gasteiger partial charge >= 0.3 is 0 Å². The molecule has 1 fully saturated rings. The van der Waals surface area contributed by atoms with Crippen LogP contribution < -0.4 is 4.90 Å². The van der Waals surface area contributed by atoms with Crippen LogP contribution >= 0.6 is 0 Å². The van der Waals surface area contributed by atoms with E-state index in [1.54, 1.807) is 11.8 Å². The summed E-state index contributed by atoms with van der Waals surface area (Å²) in [5.74, 6) is 0.949. The highest BCUT2D eigenvalue weighted by molar-refractivity contribution is 5.73. The summed E-state index contributed by atoms with van der Waals surface area (Å²) in [7, 11) is 3.92. The molecule has 0 unspecified atom stereocenters. The van der Waals surface area contributed by atoms with E-state index in [9.17, 15) is 9.90 Å². The Morgan fingerprint density at radius 1 is 1.38 bits per heavy atom. The number of carbonyl (C=O) groups is 1. The second-order valence-corrected chi connectivity index (χ2v) is 5.77. The second kappa shape index (κ2) is 6.87. The van der Waals surface area contributed by atoms with Gasteiger partial charge in [0, 0.05) is 59.9 Å². The number of β-amino-alcohol motifs (C(OH)–C–C–N with tert-alkyl or cyclic N) is 1. The number of anilines is 1. The Kier molecular flexibility index (Phi) is 5.14. The van der Waals surface area contributed by atoms with Gasteiger partial charge in [-0.3, -0.25) is 9.69 Å². The van der Waals surface area contributed by atoms with Gasteiger partial charge in [0.1, 0.15) is 5.82 Å². The highest BCUT2D eigenvalue weighted by Gasteiger charge is 2.22. The summed E-state index contributed by atoms with van der Waals surface area (Å²) in [6, 6.07) is 4.05. The van der Waals surface area contributed by atoms with Crippen LogP contribution in [0, 0.1) is 0 Å². The zero-order valence-corrected chi connectivity index (χ0v) is 13.0. The van der Waals surface area contributed by atoms with Gasteiger partial charge in [-0.1, -0.05) is 6.07 Å². The molecule has 1 amide bonds. The van der Waals surface area contributed by atoms with Crippen LogP contribution in [-0.2, 0) is 11.3 Å². The smallest absolute Gasteiger partial charge is 0.219 e. The summed E-state index contributed by atoms with van der Waals surface area (Å²) in [5, 5.41) is 10.0. The van der Waals surface area contributed by atoms with Gasteiger partial charge in [0.15, 0.2) is 0 Å². The van der Waals surface area contributed by atoms with Crippen LogP contribution in [0.1, 0.15) is 12.5 Å². The van der Waals surface area contributed by atoms with Crippen LogP contribution in [0.3, 0.4) is 0 Å². The molecular formula is C15H24N4O2. The molecule has 2 rings (SSSR count). The van der Waals surface area contributed by atoms with E-state index in [-0.39, 0.29) is 5.91 Å². The van der Waals surface area contributed by atoms with E-state index in [1.165, 1.54) is 0 Å². The first-order chi connectivity index (χ1) is 9.95. The number of nitrogens with zero attached hydrogens (tertiary/aromatic N) is 4. The molecule has 1 aliphatic rings. The van der Waals surface area contributed by atoms with Crippen LogP contribution in [0.25, 0.3) is 0 Å². The van der Waals surface area contributed by atoms with Crippen molar-refractivity contribution in [1.82, 2.24) is 14.8 Å². The highest BCUT2D eigenvalue weighted by atomic mass is 16.3. The molecule has 1 aromatic heterocycles. The summed E-state index contributed by atoms with van der Waals surface area (Å²) in [5.41, 5.74) is 1.11. The largest absolute Gasteiger partial charge is 0.390 e. The van der Waals surface area contributed by atoms with Gasteiger partial charge in [-0.2, -0.15) is 0 Å². The molecule has 21 heavy (non-hydrogen) atoms. The third kappa shape index (κ3) is 4.41. The number of aliphatic hydroxyl groups is 1. The summed E-state index contributed by atoms with van der Waals surface area (Å²) in [4.78, 5) is 21.7. The lowest BCUT2D eigenvalue weighted by atomic mass is 10.2. The van der Waals surface area contributed by atoms with E-state index < -0.39 is 6.10 Å². The molecule has 1 atom stereocenters. The molecule has 1 aliphatic heterocycles. The Morgan fingerprint density at radius 3 is 2.71 bits per heavy atom. The summed E-state index contributed by atoms with van der Waals surface area (Å²) < 4.78 is 0. The van der Waals surface area contributed by atoms with Crippen molar-refractivity contribution in [2.75, 3.05) is 45.2 Å². The predicted molar refractivity (Wildman–Crippen MR) is 82.1 cm³/mol. The van der Waals surface area contributed by atoms with Gasteiger partial charge in [-0.05, 0) is 11.6 Å². The van der Waals surface area contributed by atoms with Crippen LogP contribution in [-0.4, -0.2) is 72.2 Å². The first-order valence-electron chi connectivity index (χ1n) is 7.24. The van der Waals surface area contributed by atoms with Gasteiger partial charge < -0.3 is 14.9 Å². The van der Waals surface area contributed by atoms with Crippen molar-refractivity contribution >= 4 is 11.7 Å². The normalized spacial score (nSPS) is 20.2. The van der Waals surface area contributed by atoms with E-state index in [4.69, 9.17) is 0 Å². The molecule has 1 aromatic rings. The Bertz CT molecular complexity index is 475. The lowest BCUT2D eigenvalue weighted by molar-refractivity contribution is -0.129. The summed E-state index contributed by atoms with van der Waals surface area (Å²) in [6.45, 7) is 4.72. The number of amides is 1. The first kappa shape index (κ1) is 15.7. The van der Waals surface area contributed by atoms with E-state index in [0.717, 1.165) is 24.5 Å². The zero-order valence-electron chi connectivity index (χ0n) is 13.0. The number of aliphatic hydroxyl groups excluding tert-OH is 1. The van der Waals surface area contributed by atoms with Crippen molar-refractivity contribution in [3.8, 4) is 0 Å². The van der Waals surface area contributed by atoms with E-state index in [0.29, 0.717) is 19.6 Å². The molecule has 6 heteroatoms. The number of carbonyl (C=O) groups excluding carboxylic acids is 1. The quantitative estimate of drug-likeness (QED) is 0.861. The van der Waals surface area contributed by atoms with E-state index in [1.807, 2.05) is 31.3 Å². The topological polar surface area (TPSA) is 59.9 Å². The van der Waals surface area contributed by atoms with Crippen LogP contribution in [0.4, 0.5) is 5.82 Å². The molecule has 0 bridgehead atoms. The molecule has 0 aromatic carbocycles. The lowest BCUT2D eigenvalue weighted by Gasteiger charge is -2.21. The molecule has 0 radical (unpaired) electrons. The average molecular weight is 292 g/mol. The monoisotopic (exact) mass is 292 g/mol. The number of pyridine rings is 1. The van der Waals surface area contributed by atoms with Crippen molar-refractivity contribution in [2.24, 2.45) is 0 Å². The summed E-state index contributed by atoms with van der Waals surface area (Å²) >= 11 is 0. The zero-order chi connectivity index (χ0) is 15.4. The van der Waals surface area contributed by atoms with Crippen molar-refractivity contribution in [3.63, 3.8) is 0 Å². The lowest BCUT2D eigenvalue weighted by Crippen LogP contribution is -2.36. The average Bonchev–Trinajstić information content (AvgIpc) is 2.61. The maximum atomic E-state index is 11.4. The second-order valence-electron chi connectivity index (χ2n) is 5.77. The SMILES string of the molecule is CC(=O)N1CCN(Cc2ccc(N(C)C)nc2)C[C@@H](O)C1. The van der Waals surface area contributed by atoms with Crippen LogP contribution in [0.5, 0.6) is 0 Å². The maximum Gasteiger partial charge on any atom is 0.219 e. The van der Waals surface area contributed by atoms with E-state index >= 15 is 0 Å². The minimum atomic E-state index is -0.495. The number of hydrogen-bond donors (Lipinski definition) is 1. The van der Waals surface area contributed by atoms with Gasteiger partial charge in [0.2, 0.25) is 5.91 Å². The predicted octanol–water partition coefficient (Wildman–Crippen LogP) is 0.173. The molecular weight excluding hydrogens is 268 g/mol. The fraction of sp³-hybridized carbons (Fsp3) is 0.600. The Morgan fingerprint density at radius 2 is 2.14 bits per heavy atom. The molecule has 6 nitrogen and oxygen atoms in total. The molecule has 0 aliphatic carbocycles. The highest BCUT2D eigenvalue weighted by Crippen LogP contribution is 2.12. The van der Waals surface area contributed by atoms with Crippen molar-refractivity contribution < 1.29 is 9.90 Å². The van der Waals surface area contributed by atoms with Crippen molar-refractivity contribution in [2.45, 2.75) is 19.6 Å². The van der Waals surface area contributed by atoms with Gasteiger partial charge in [-0.25, -0.2) is 4.98 Å². The maximum absolute atomic E-state index is 11.4. The number of hydrogen-bond acceptors (Lipinski definition) is 5. The molecule has 1 N–H and O–H groups in total. The summed E-state index contributed by atoms with van der Waals surface area (Å²) in [6.07, 6.45) is 1.38. The third-order valence-electron chi connectivity index (χ3n) is 3.71. The molecule has 116 valence electrons. The number of aromatic nitrogens is 1. The number of rotatable bonds is 3. The fourth-order valence-corrected chi connectivity index (χ4v) is 2.52. The Balaban J connectivity index is 1.97. The molecule has 0 spiro atoms. The van der Waals surface area contributed by atoms with E-state index in [2.05, 4.69) is 16.0 Å². The minimum Gasteiger partial charge on any atom is -0.390 e. The minimum absolute atomic E-state index is 0.0212. The molecule has 1 saturated heterocycles. The van der Waals surface area contributed by atoms with Crippen molar-refractivity contribution in [1.29, 1.82) is 0 Å². The van der Waals surface area contributed by atoms with Gasteiger partial charge in [-0.15, -0.1) is 0 Å².